The van der Waals surface area contributed by atoms with Crippen LogP contribution in [0.4, 0.5) is 13.2 Å². The number of alkyl halides is 2. The van der Waals surface area contributed by atoms with Gasteiger partial charge in [0.2, 0.25) is 5.97 Å². The van der Waals surface area contributed by atoms with Crippen LogP contribution in [-0.4, -0.2) is 42.8 Å². The SMILES string of the molecule is C=C(CN(C(=O)C(C(F)=NC)=C(N)C(F)F)C1CC1)c1ccc(Cl)cc1Cl. The van der Waals surface area contributed by atoms with E-state index in [9.17, 15) is 18.0 Å². The molecule has 0 heterocycles. The van der Waals surface area contributed by atoms with Gasteiger partial charge in [-0.05, 0) is 36.1 Å². The maximum absolute atomic E-state index is 14.0. The van der Waals surface area contributed by atoms with Crippen LogP contribution in [0.5, 0.6) is 0 Å². The van der Waals surface area contributed by atoms with E-state index in [4.69, 9.17) is 28.9 Å². The predicted molar refractivity (Wildman–Crippen MR) is 102 cm³/mol. The lowest BCUT2D eigenvalue weighted by atomic mass is 10.1. The molecule has 0 saturated heterocycles. The molecule has 1 amide bonds. The van der Waals surface area contributed by atoms with Crippen molar-refractivity contribution in [2.24, 2.45) is 10.7 Å². The standard InChI is InChI=1S/C18H18Cl2F3N3O/c1-9(12-6-3-10(19)7-13(12)20)8-26(11-4-5-11)18(27)14(17(23)25-2)15(24)16(21)22/h3,6-7,11,16H,1,4-5,8,24H2,2H3. The van der Waals surface area contributed by atoms with Crippen molar-refractivity contribution in [2.75, 3.05) is 13.6 Å². The Labute approximate surface area is 165 Å². The van der Waals surface area contributed by atoms with E-state index >= 15 is 0 Å². The summed E-state index contributed by atoms with van der Waals surface area (Å²) >= 11 is 12.0. The molecule has 146 valence electrons. The van der Waals surface area contributed by atoms with Crippen LogP contribution in [0.15, 0.2) is 41.0 Å². The second-order valence-corrected chi connectivity index (χ2v) is 6.88. The fraction of sp³-hybridized carbons (Fsp3) is 0.333. The van der Waals surface area contributed by atoms with Crippen LogP contribution in [0.25, 0.3) is 5.57 Å². The number of carbonyl (C=O) groups is 1. The number of rotatable bonds is 7. The monoisotopic (exact) mass is 419 g/mol. The van der Waals surface area contributed by atoms with Gasteiger partial charge in [0.25, 0.3) is 12.3 Å². The maximum atomic E-state index is 14.0. The third kappa shape index (κ3) is 5.05. The average Bonchev–Trinajstić information content (AvgIpc) is 3.43. The molecule has 0 bridgehead atoms. The number of benzene rings is 1. The predicted octanol–water partition coefficient (Wildman–Crippen LogP) is 4.47. The Hall–Kier alpha value is -1.99. The molecule has 1 aromatic carbocycles. The number of nitrogens with two attached hydrogens (primary N) is 1. The van der Waals surface area contributed by atoms with Gasteiger partial charge < -0.3 is 10.6 Å². The van der Waals surface area contributed by atoms with Crippen LogP contribution >= 0.6 is 23.2 Å². The normalized spacial score (nSPS) is 15.6. The van der Waals surface area contributed by atoms with Crippen molar-refractivity contribution >= 4 is 40.6 Å². The summed E-state index contributed by atoms with van der Waals surface area (Å²) in [7, 11) is 1.05. The zero-order valence-corrected chi connectivity index (χ0v) is 16.0. The van der Waals surface area contributed by atoms with E-state index in [2.05, 4.69) is 11.6 Å². The Morgan fingerprint density at radius 3 is 2.52 bits per heavy atom. The van der Waals surface area contributed by atoms with Crippen LogP contribution in [0, 0.1) is 0 Å². The smallest absolute Gasteiger partial charge is 0.278 e. The van der Waals surface area contributed by atoms with Gasteiger partial charge in [-0.3, -0.25) is 9.79 Å². The highest BCUT2D eigenvalue weighted by atomic mass is 35.5. The van der Waals surface area contributed by atoms with Crippen molar-refractivity contribution in [2.45, 2.75) is 25.3 Å². The van der Waals surface area contributed by atoms with Gasteiger partial charge in [-0.1, -0.05) is 35.8 Å². The summed E-state index contributed by atoms with van der Waals surface area (Å²) in [6, 6.07) is 4.56. The molecule has 2 N–H and O–H groups in total. The number of halogens is 5. The molecule has 1 fully saturated rings. The van der Waals surface area contributed by atoms with E-state index in [-0.39, 0.29) is 12.6 Å². The number of amides is 1. The first-order chi connectivity index (χ1) is 12.7. The van der Waals surface area contributed by atoms with E-state index < -0.39 is 29.6 Å². The lowest BCUT2D eigenvalue weighted by Gasteiger charge is -2.25. The number of aliphatic imine (C=N–C) groups is 1. The molecule has 1 saturated carbocycles. The van der Waals surface area contributed by atoms with Crippen LogP contribution in [0.3, 0.4) is 0 Å². The van der Waals surface area contributed by atoms with Gasteiger partial charge in [0.1, 0.15) is 5.57 Å². The number of carbonyl (C=O) groups excluding carboxylic acids is 1. The molecular weight excluding hydrogens is 402 g/mol. The minimum atomic E-state index is -3.19. The molecule has 0 spiro atoms. The summed E-state index contributed by atoms with van der Waals surface area (Å²) in [5.41, 5.74) is 4.22. The van der Waals surface area contributed by atoms with Gasteiger partial charge in [0, 0.05) is 29.7 Å². The lowest BCUT2D eigenvalue weighted by Crippen LogP contribution is -2.38. The van der Waals surface area contributed by atoms with Gasteiger partial charge in [-0.15, -0.1) is 0 Å². The molecule has 9 heteroatoms. The topological polar surface area (TPSA) is 58.7 Å². The fourth-order valence-corrected chi connectivity index (χ4v) is 3.06. The third-order valence-corrected chi connectivity index (χ3v) is 4.61. The summed E-state index contributed by atoms with van der Waals surface area (Å²) < 4.78 is 40.1. The molecular formula is C18H18Cl2F3N3O. The quantitative estimate of drug-likeness (QED) is 0.523. The Bertz CT molecular complexity index is 820. The largest absolute Gasteiger partial charge is 0.397 e. The minimum Gasteiger partial charge on any atom is -0.397 e. The fourth-order valence-electron chi connectivity index (χ4n) is 2.52. The van der Waals surface area contributed by atoms with Crippen LogP contribution in [0.1, 0.15) is 18.4 Å². The highest BCUT2D eigenvalue weighted by molar-refractivity contribution is 6.35. The van der Waals surface area contributed by atoms with Crippen molar-refractivity contribution in [3.8, 4) is 0 Å². The zero-order valence-electron chi connectivity index (χ0n) is 14.5. The van der Waals surface area contributed by atoms with Crippen LogP contribution < -0.4 is 5.73 Å². The van der Waals surface area contributed by atoms with Crippen molar-refractivity contribution in [3.63, 3.8) is 0 Å². The van der Waals surface area contributed by atoms with Gasteiger partial charge in [-0.25, -0.2) is 8.78 Å². The second-order valence-electron chi connectivity index (χ2n) is 6.04. The summed E-state index contributed by atoms with van der Waals surface area (Å²) in [5, 5.41) is 0.766. The molecule has 0 aliphatic heterocycles. The minimum absolute atomic E-state index is 0.0259. The summed E-state index contributed by atoms with van der Waals surface area (Å²) in [6.07, 6.45) is -1.85. The van der Waals surface area contributed by atoms with Gasteiger partial charge in [-0.2, -0.15) is 4.39 Å². The molecule has 0 unspecified atom stereocenters. The molecule has 0 atom stereocenters. The van der Waals surface area contributed by atoms with Crippen molar-refractivity contribution in [3.05, 3.63) is 51.7 Å². The van der Waals surface area contributed by atoms with Gasteiger partial charge in [0.15, 0.2) is 0 Å². The highest BCUT2D eigenvalue weighted by Gasteiger charge is 2.37. The third-order valence-electron chi connectivity index (χ3n) is 4.06. The Morgan fingerprint density at radius 2 is 2.04 bits per heavy atom. The van der Waals surface area contributed by atoms with E-state index in [1.165, 1.54) is 11.0 Å². The number of nitrogens with zero attached hydrogens (tertiary/aromatic N) is 2. The maximum Gasteiger partial charge on any atom is 0.278 e. The summed E-state index contributed by atoms with van der Waals surface area (Å²) in [6.45, 7) is 3.89. The molecule has 1 aliphatic rings. The molecule has 0 radical (unpaired) electrons. The first-order valence-corrected chi connectivity index (χ1v) is 8.77. The van der Waals surface area contributed by atoms with Crippen molar-refractivity contribution in [1.82, 2.24) is 4.90 Å². The zero-order chi connectivity index (χ0) is 20.3. The molecule has 27 heavy (non-hydrogen) atoms. The first kappa shape index (κ1) is 21.3. The van der Waals surface area contributed by atoms with Crippen molar-refractivity contribution < 1.29 is 18.0 Å². The Morgan fingerprint density at radius 1 is 1.41 bits per heavy atom. The molecule has 4 nitrogen and oxygen atoms in total. The van der Waals surface area contributed by atoms with Gasteiger partial charge in [0.05, 0.1) is 5.70 Å². The molecule has 0 aromatic heterocycles. The molecule has 2 rings (SSSR count). The van der Waals surface area contributed by atoms with Crippen molar-refractivity contribution in [1.29, 1.82) is 0 Å². The van der Waals surface area contributed by atoms with Crippen LogP contribution in [0.2, 0.25) is 10.0 Å². The highest BCUT2D eigenvalue weighted by Crippen LogP contribution is 2.33. The van der Waals surface area contributed by atoms with E-state index in [1.807, 2.05) is 0 Å². The molecule has 1 aliphatic carbocycles. The first-order valence-electron chi connectivity index (χ1n) is 8.02. The summed E-state index contributed by atoms with van der Waals surface area (Å²) in [5.74, 6) is -2.29. The average molecular weight is 420 g/mol. The Balaban J connectivity index is 2.35. The number of hydrogen-bond acceptors (Lipinski definition) is 3. The Kier molecular flexibility index (Phi) is 6.95. The number of hydrogen-bond donors (Lipinski definition) is 1. The lowest BCUT2D eigenvalue weighted by molar-refractivity contribution is -0.126. The van der Waals surface area contributed by atoms with Gasteiger partial charge >= 0.3 is 0 Å². The molecule has 1 aromatic rings. The van der Waals surface area contributed by atoms with E-state index in [0.717, 1.165) is 7.05 Å². The van der Waals surface area contributed by atoms with E-state index in [1.54, 1.807) is 12.1 Å². The van der Waals surface area contributed by atoms with E-state index in [0.29, 0.717) is 34.0 Å². The number of allylic oxidation sites excluding steroid dienone is 1. The summed E-state index contributed by atoms with van der Waals surface area (Å²) in [4.78, 5) is 17.3. The second kappa shape index (κ2) is 8.80. The van der Waals surface area contributed by atoms with Crippen LogP contribution in [-0.2, 0) is 4.79 Å².